The average Bonchev–Trinajstić information content (AvgIpc) is 3.21. The van der Waals surface area contributed by atoms with Crippen molar-refractivity contribution in [2.75, 3.05) is 5.32 Å². The van der Waals surface area contributed by atoms with Gasteiger partial charge in [0, 0.05) is 16.9 Å². The third-order valence-corrected chi connectivity index (χ3v) is 5.91. The van der Waals surface area contributed by atoms with Gasteiger partial charge in [-0.15, -0.1) is 0 Å². The fourth-order valence-electron chi connectivity index (χ4n) is 4.23. The van der Waals surface area contributed by atoms with Gasteiger partial charge in [0.25, 0.3) is 0 Å². The second-order valence-corrected chi connectivity index (χ2v) is 8.41. The van der Waals surface area contributed by atoms with Crippen LogP contribution >= 0.6 is 12.2 Å². The third-order valence-electron chi connectivity index (χ3n) is 5.69. The average molecular weight is 422 g/mol. The lowest BCUT2D eigenvalue weighted by molar-refractivity contribution is -0.119. The molecule has 0 aromatic heterocycles. The molecule has 1 aliphatic heterocycles. The van der Waals surface area contributed by atoms with E-state index in [0.29, 0.717) is 10.8 Å². The maximum absolute atomic E-state index is 13.3. The summed E-state index contributed by atoms with van der Waals surface area (Å²) in [6.45, 7) is 6.09. The van der Waals surface area contributed by atoms with E-state index in [9.17, 15) is 4.79 Å². The molecule has 2 aliphatic rings. The van der Waals surface area contributed by atoms with Crippen molar-refractivity contribution in [2.24, 2.45) is 5.92 Å². The number of anilines is 1. The van der Waals surface area contributed by atoms with Gasteiger partial charge in [0.15, 0.2) is 5.11 Å². The molecule has 1 saturated heterocycles. The number of rotatable bonds is 5. The van der Waals surface area contributed by atoms with Crippen LogP contribution in [0.2, 0.25) is 0 Å². The van der Waals surface area contributed by atoms with Gasteiger partial charge in [-0.3, -0.25) is 4.79 Å². The van der Waals surface area contributed by atoms with Crippen LogP contribution in [-0.4, -0.2) is 17.1 Å². The zero-order chi connectivity index (χ0) is 21.1. The van der Waals surface area contributed by atoms with Gasteiger partial charge in [-0.25, -0.2) is 0 Å². The van der Waals surface area contributed by atoms with Crippen LogP contribution in [0.4, 0.5) is 5.69 Å². The Balaban J connectivity index is 1.63. The minimum atomic E-state index is -0.550. The summed E-state index contributed by atoms with van der Waals surface area (Å²) in [5.41, 5.74) is 3.33. The van der Waals surface area contributed by atoms with E-state index in [1.165, 1.54) is 12.8 Å². The van der Waals surface area contributed by atoms with Gasteiger partial charge in [-0.05, 0) is 68.6 Å². The minimum Gasteiger partial charge on any atom is -0.490 e. The Morgan fingerprint density at radius 2 is 1.93 bits per heavy atom. The molecule has 2 fully saturated rings. The van der Waals surface area contributed by atoms with E-state index >= 15 is 0 Å². The molecule has 2 aromatic carbocycles. The van der Waals surface area contributed by atoms with E-state index in [1.807, 2.05) is 55.5 Å². The molecular formula is C24H27N3O2S. The highest BCUT2D eigenvalue weighted by Crippen LogP contribution is 2.37. The molecule has 30 heavy (non-hydrogen) atoms. The van der Waals surface area contributed by atoms with Gasteiger partial charge in [0.2, 0.25) is 5.91 Å². The summed E-state index contributed by atoms with van der Waals surface area (Å²) >= 11 is 5.38. The first kappa shape index (κ1) is 20.4. The molecule has 0 radical (unpaired) electrons. The molecule has 0 bridgehead atoms. The molecule has 4 rings (SSSR count). The molecule has 2 aromatic rings. The second-order valence-electron chi connectivity index (χ2n) is 8.00. The lowest BCUT2D eigenvalue weighted by Crippen LogP contribution is -2.51. The number of nitrogens with one attached hydrogen (secondary N) is 3. The third kappa shape index (κ3) is 4.49. The monoisotopic (exact) mass is 421 g/mol. The molecule has 1 amide bonds. The molecule has 6 heteroatoms. The summed E-state index contributed by atoms with van der Waals surface area (Å²) in [7, 11) is 0. The maximum Gasteiger partial charge on any atom is 0.235 e. The number of carbonyl (C=O) groups is 1. The van der Waals surface area contributed by atoms with E-state index in [0.717, 1.165) is 35.4 Å². The summed E-state index contributed by atoms with van der Waals surface area (Å²) < 4.78 is 6.33. The predicted octanol–water partition coefficient (Wildman–Crippen LogP) is 4.60. The van der Waals surface area contributed by atoms with Gasteiger partial charge in [-0.2, -0.15) is 0 Å². The highest BCUT2D eigenvalue weighted by atomic mass is 32.1. The Kier molecular flexibility index (Phi) is 6.04. The number of carbonyl (C=O) groups excluding carboxylic acids is 1. The van der Waals surface area contributed by atoms with Crippen LogP contribution in [-0.2, 0) is 4.79 Å². The summed E-state index contributed by atoms with van der Waals surface area (Å²) in [5, 5.41) is 9.78. The first-order valence-corrected chi connectivity index (χ1v) is 10.8. The van der Waals surface area contributed by atoms with E-state index in [2.05, 4.69) is 22.5 Å². The number of thiocarbonyl (C=S) groups is 1. The summed E-state index contributed by atoms with van der Waals surface area (Å²) in [6.07, 6.45) is 4.75. The number of hydrogen-bond donors (Lipinski definition) is 3. The van der Waals surface area contributed by atoms with E-state index in [4.69, 9.17) is 17.0 Å². The second kappa shape index (κ2) is 8.88. The predicted molar refractivity (Wildman–Crippen MR) is 123 cm³/mol. The lowest BCUT2D eigenvalue weighted by atomic mass is 9.87. The zero-order valence-electron chi connectivity index (χ0n) is 17.1. The molecule has 1 heterocycles. The molecule has 1 aliphatic carbocycles. The van der Waals surface area contributed by atoms with E-state index in [1.54, 1.807) is 0 Å². The Bertz CT molecular complexity index is 968. The van der Waals surface area contributed by atoms with Crippen LogP contribution in [0, 0.1) is 12.8 Å². The summed E-state index contributed by atoms with van der Waals surface area (Å²) in [4.78, 5) is 13.3. The van der Waals surface area contributed by atoms with Crippen LogP contribution in [0.3, 0.4) is 0 Å². The normalized spacial score (nSPS) is 21.6. The zero-order valence-corrected chi connectivity index (χ0v) is 17.9. The van der Waals surface area contributed by atoms with Crippen LogP contribution in [0.15, 0.2) is 60.8 Å². The number of aryl methyl sites for hydroxylation is 1. The standard InChI is InChI=1S/C24H27N3O2S/c1-15-8-7-9-17(14-15)26-23(28)21-16(2)25-24(30)27-22(21)19-12-5-6-13-20(19)29-18-10-3-4-11-18/h5-9,12-14,18,21-22H,2-4,10-11H2,1H3,(H,26,28)(H2,25,27,30)/t21-,22+/m0/s1. The Morgan fingerprint density at radius 1 is 1.17 bits per heavy atom. The van der Waals surface area contributed by atoms with Crippen molar-refractivity contribution in [2.45, 2.75) is 44.8 Å². The van der Waals surface area contributed by atoms with E-state index in [-0.39, 0.29) is 18.1 Å². The summed E-state index contributed by atoms with van der Waals surface area (Å²) in [5.74, 6) is 0.104. The van der Waals surface area contributed by atoms with Crippen molar-refractivity contribution in [3.05, 3.63) is 71.9 Å². The van der Waals surface area contributed by atoms with Crippen molar-refractivity contribution in [3.63, 3.8) is 0 Å². The van der Waals surface area contributed by atoms with Gasteiger partial charge in [0.05, 0.1) is 12.1 Å². The molecule has 3 N–H and O–H groups in total. The summed E-state index contributed by atoms with van der Waals surface area (Å²) in [6, 6.07) is 15.3. The smallest absolute Gasteiger partial charge is 0.235 e. The molecule has 2 atom stereocenters. The molecule has 0 unspecified atom stereocenters. The van der Waals surface area contributed by atoms with Crippen molar-refractivity contribution in [3.8, 4) is 5.75 Å². The molecular weight excluding hydrogens is 394 g/mol. The quantitative estimate of drug-likeness (QED) is 0.616. The Labute approximate surface area is 182 Å². The lowest BCUT2D eigenvalue weighted by Gasteiger charge is -2.36. The van der Waals surface area contributed by atoms with Crippen LogP contribution < -0.4 is 20.7 Å². The fraction of sp³-hybridized carbons (Fsp3) is 0.333. The Morgan fingerprint density at radius 3 is 2.70 bits per heavy atom. The minimum absolute atomic E-state index is 0.145. The highest BCUT2D eigenvalue weighted by molar-refractivity contribution is 7.80. The van der Waals surface area contributed by atoms with Crippen molar-refractivity contribution < 1.29 is 9.53 Å². The van der Waals surface area contributed by atoms with Crippen LogP contribution in [0.1, 0.15) is 42.9 Å². The Hall–Kier alpha value is -2.86. The number of ether oxygens (including phenoxy) is 1. The van der Waals surface area contributed by atoms with Crippen molar-refractivity contribution in [1.29, 1.82) is 0 Å². The maximum atomic E-state index is 13.3. The largest absolute Gasteiger partial charge is 0.490 e. The topological polar surface area (TPSA) is 62.4 Å². The van der Waals surface area contributed by atoms with Gasteiger partial charge in [0.1, 0.15) is 11.7 Å². The number of benzene rings is 2. The number of amides is 1. The molecule has 5 nitrogen and oxygen atoms in total. The SMILES string of the molecule is C=C1NC(=S)N[C@H](c2ccccc2OC2CCCC2)[C@H]1C(=O)Nc1cccc(C)c1. The molecule has 1 saturated carbocycles. The molecule has 156 valence electrons. The fourth-order valence-corrected chi connectivity index (χ4v) is 4.48. The van der Waals surface area contributed by atoms with Crippen LogP contribution in [0.5, 0.6) is 5.75 Å². The number of hydrogen-bond acceptors (Lipinski definition) is 3. The van der Waals surface area contributed by atoms with Gasteiger partial charge in [-0.1, -0.05) is 36.9 Å². The van der Waals surface area contributed by atoms with Crippen LogP contribution in [0.25, 0.3) is 0 Å². The van der Waals surface area contributed by atoms with Gasteiger partial charge >= 0.3 is 0 Å². The van der Waals surface area contributed by atoms with Gasteiger partial charge < -0.3 is 20.7 Å². The van der Waals surface area contributed by atoms with Crippen molar-refractivity contribution >= 4 is 28.9 Å². The first-order chi connectivity index (χ1) is 14.5. The molecule has 0 spiro atoms. The first-order valence-electron chi connectivity index (χ1n) is 10.4. The van der Waals surface area contributed by atoms with E-state index < -0.39 is 5.92 Å². The van der Waals surface area contributed by atoms with Crippen molar-refractivity contribution in [1.82, 2.24) is 10.6 Å². The highest BCUT2D eigenvalue weighted by Gasteiger charge is 2.38. The number of para-hydroxylation sites is 1.